The molecule has 3 aromatic rings. The zero-order chi connectivity index (χ0) is 26.7. The van der Waals surface area contributed by atoms with Crippen molar-refractivity contribution < 1.29 is 9.59 Å². The van der Waals surface area contributed by atoms with Crippen molar-refractivity contribution in [3.63, 3.8) is 0 Å². The number of nitrogens with zero attached hydrogens (tertiary/aromatic N) is 6. The fourth-order valence-electron chi connectivity index (χ4n) is 5.76. The highest BCUT2D eigenvalue weighted by molar-refractivity contribution is 6.30. The highest BCUT2D eigenvalue weighted by Crippen LogP contribution is 2.47. The molecule has 3 fully saturated rings. The monoisotopic (exact) mass is 529 g/mol. The van der Waals surface area contributed by atoms with Crippen LogP contribution in [0.5, 0.6) is 0 Å². The summed E-state index contributed by atoms with van der Waals surface area (Å²) >= 11 is 6.13. The van der Waals surface area contributed by atoms with Gasteiger partial charge in [0.1, 0.15) is 0 Å². The van der Waals surface area contributed by atoms with E-state index >= 15 is 0 Å². The second-order valence-electron chi connectivity index (χ2n) is 10.8. The van der Waals surface area contributed by atoms with Crippen LogP contribution in [0.4, 0.5) is 5.82 Å². The lowest BCUT2D eigenvalue weighted by Crippen LogP contribution is -2.43. The van der Waals surface area contributed by atoms with Gasteiger partial charge in [0.15, 0.2) is 5.82 Å². The molecule has 1 aliphatic heterocycles. The summed E-state index contributed by atoms with van der Waals surface area (Å²) in [5.41, 5.74) is 4.72. The number of benzene rings is 1. The van der Waals surface area contributed by atoms with E-state index in [1.54, 1.807) is 34.1 Å². The molecule has 2 aromatic heterocycles. The van der Waals surface area contributed by atoms with Crippen molar-refractivity contribution in [1.82, 2.24) is 25.3 Å². The highest BCUT2D eigenvalue weighted by atomic mass is 35.5. The number of rotatable bonds is 6. The van der Waals surface area contributed by atoms with E-state index < -0.39 is 0 Å². The Bertz CT molecular complexity index is 1500. The maximum Gasteiger partial charge on any atom is 0.254 e. The predicted octanol–water partition coefficient (Wildman–Crippen LogP) is 4.08. The Kier molecular flexibility index (Phi) is 5.95. The molecule has 10 heteroatoms. The summed E-state index contributed by atoms with van der Waals surface area (Å²) in [5, 5.41) is 26.4. The highest BCUT2D eigenvalue weighted by Gasteiger charge is 2.53. The fourth-order valence-corrected chi connectivity index (χ4v) is 5.94. The number of aromatic nitrogens is 4. The number of fused-ring (bicyclic) bond motifs is 1. The molecule has 194 valence electrons. The summed E-state index contributed by atoms with van der Waals surface area (Å²) in [4.78, 5) is 27.2. The van der Waals surface area contributed by atoms with Crippen molar-refractivity contribution in [1.29, 1.82) is 5.26 Å². The van der Waals surface area contributed by atoms with Gasteiger partial charge in [-0.25, -0.2) is 0 Å². The molecule has 0 bridgehead atoms. The van der Waals surface area contributed by atoms with E-state index in [0.29, 0.717) is 27.9 Å². The smallest absolute Gasteiger partial charge is 0.254 e. The van der Waals surface area contributed by atoms with Crippen molar-refractivity contribution in [3.05, 3.63) is 69.1 Å². The van der Waals surface area contributed by atoms with Gasteiger partial charge < -0.3 is 5.32 Å². The normalized spacial score (nSPS) is 24.4. The SMILES string of the molecule is Cc1c(C(C)n2cc(C(=O)N[C@H]3C[C@@H](c4cc(Cl)ccc4C#N)C3)cn2)nnc(N2C[C@H]3C[C@H]3C2=O)c1C. The zero-order valence-electron chi connectivity index (χ0n) is 21.5. The van der Waals surface area contributed by atoms with Crippen LogP contribution in [-0.2, 0) is 4.79 Å². The number of amides is 2. The minimum atomic E-state index is -0.236. The number of hydrogen-bond acceptors (Lipinski definition) is 6. The van der Waals surface area contributed by atoms with Gasteiger partial charge >= 0.3 is 0 Å². The maximum atomic E-state index is 12.9. The van der Waals surface area contributed by atoms with Gasteiger partial charge in [-0.2, -0.15) is 15.5 Å². The van der Waals surface area contributed by atoms with E-state index in [1.165, 1.54) is 0 Å². The number of halogens is 1. The van der Waals surface area contributed by atoms with Crippen LogP contribution in [0.2, 0.25) is 5.02 Å². The van der Waals surface area contributed by atoms with Gasteiger partial charge in [0.05, 0.1) is 35.1 Å². The lowest BCUT2D eigenvalue weighted by Gasteiger charge is -2.36. The van der Waals surface area contributed by atoms with Gasteiger partial charge in [0.2, 0.25) is 5.91 Å². The Balaban J connectivity index is 1.11. The van der Waals surface area contributed by atoms with E-state index in [2.05, 4.69) is 26.7 Å². The first-order chi connectivity index (χ1) is 18.2. The number of hydrogen-bond donors (Lipinski definition) is 1. The third-order valence-corrected chi connectivity index (χ3v) is 8.65. The molecule has 3 heterocycles. The molecule has 38 heavy (non-hydrogen) atoms. The topological polar surface area (TPSA) is 117 Å². The Morgan fingerprint density at radius 1 is 1.21 bits per heavy atom. The first kappa shape index (κ1) is 24.6. The number of carbonyl (C=O) groups is 2. The van der Waals surface area contributed by atoms with Crippen LogP contribution in [0.25, 0.3) is 0 Å². The van der Waals surface area contributed by atoms with Gasteiger partial charge in [-0.1, -0.05) is 11.6 Å². The van der Waals surface area contributed by atoms with Crippen molar-refractivity contribution in [2.75, 3.05) is 11.4 Å². The Labute approximate surface area is 225 Å². The summed E-state index contributed by atoms with van der Waals surface area (Å²) in [6, 6.07) is 7.33. The quantitative estimate of drug-likeness (QED) is 0.514. The number of carbonyl (C=O) groups excluding carboxylic acids is 2. The molecule has 2 saturated carbocycles. The van der Waals surface area contributed by atoms with Crippen LogP contribution in [-0.4, -0.2) is 44.4 Å². The van der Waals surface area contributed by atoms with Crippen molar-refractivity contribution >= 4 is 29.2 Å². The molecule has 1 unspecified atom stereocenters. The van der Waals surface area contributed by atoms with E-state index in [1.807, 2.05) is 26.8 Å². The molecule has 1 saturated heterocycles. The van der Waals surface area contributed by atoms with Crippen LogP contribution >= 0.6 is 11.6 Å². The van der Waals surface area contributed by atoms with Gasteiger partial charge in [0, 0.05) is 29.7 Å². The largest absolute Gasteiger partial charge is 0.349 e. The predicted molar refractivity (Wildman–Crippen MR) is 141 cm³/mol. The molecule has 2 aliphatic carbocycles. The van der Waals surface area contributed by atoms with Gasteiger partial charge in [0.25, 0.3) is 5.91 Å². The van der Waals surface area contributed by atoms with Crippen LogP contribution in [0.1, 0.15) is 76.5 Å². The van der Waals surface area contributed by atoms with E-state index in [-0.39, 0.29) is 35.7 Å². The second-order valence-corrected chi connectivity index (χ2v) is 11.2. The average Bonchev–Trinajstić information content (AvgIpc) is 3.33. The van der Waals surface area contributed by atoms with Crippen LogP contribution in [0.15, 0.2) is 30.6 Å². The summed E-state index contributed by atoms with van der Waals surface area (Å²) in [5.74, 6) is 1.46. The van der Waals surface area contributed by atoms with Crippen molar-refractivity contribution in [3.8, 4) is 6.07 Å². The maximum absolute atomic E-state index is 12.9. The number of piperidine rings is 1. The van der Waals surface area contributed by atoms with Crippen LogP contribution in [0, 0.1) is 37.0 Å². The lowest BCUT2D eigenvalue weighted by atomic mass is 9.74. The molecule has 3 atom stereocenters. The Morgan fingerprint density at radius 3 is 2.71 bits per heavy atom. The fraction of sp³-hybridized carbons (Fsp3) is 0.429. The van der Waals surface area contributed by atoms with Crippen LogP contribution in [0.3, 0.4) is 0 Å². The number of anilines is 1. The van der Waals surface area contributed by atoms with Gasteiger partial charge in [-0.05, 0) is 86.8 Å². The summed E-state index contributed by atoms with van der Waals surface area (Å²) in [6.45, 7) is 6.66. The molecule has 0 radical (unpaired) electrons. The first-order valence-corrected chi connectivity index (χ1v) is 13.3. The van der Waals surface area contributed by atoms with Gasteiger partial charge in [-0.15, -0.1) is 5.10 Å². The Morgan fingerprint density at radius 2 is 2.00 bits per heavy atom. The molecule has 6 rings (SSSR count). The van der Waals surface area contributed by atoms with Gasteiger partial charge in [-0.3, -0.25) is 19.2 Å². The Hall–Kier alpha value is -3.77. The molecule has 3 aliphatic rings. The summed E-state index contributed by atoms with van der Waals surface area (Å²) < 4.78 is 1.72. The molecule has 2 amide bonds. The summed E-state index contributed by atoms with van der Waals surface area (Å²) in [7, 11) is 0. The van der Waals surface area contributed by atoms with Crippen molar-refractivity contribution in [2.24, 2.45) is 11.8 Å². The van der Waals surface area contributed by atoms with E-state index in [0.717, 1.165) is 48.2 Å². The average molecular weight is 530 g/mol. The molecule has 1 N–H and O–H groups in total. The third kappa shape index (κ3) is 4.13. The number of nitriles is 1. The summed E-state index contributed by atoms with van der Waals surface area (Å²) in [6.07, 6.45) is 5.80. The minimum Gasteiger partial charge on any atom is -0.349 e. The van der Waals surface area contributed by atoms with Crippen molar-refractivity contribution in [2.45, 2.75) is 58.0 Å². The minimum absolute atomic E-state index is 0.0291. The lowest BCUT2D eigenvalue weighted by molar-refractivity contribution is -0.118. The number of nitrogens with one attached hydrogen (secondary N) is 1. The molecule has 1 aromatic carbocycles. The third-order valence-electron chi connectivity index (χ3n) is 8.42. The first-order valence-electron chi connectivity index (χ1n) is 12.9. The van der Waals surface area contributed by atoms with E-state index in [9.17, 15) is 14.9 Å². The zero-order valence-corrected chi connectivity index (χ0v) is 22.2. The second kappa shape index (κ2) is 9.21. The molecule has 9 nitrogen and oxygen atoms in total. The molecular weight excluding hydrogens is 502 g/mol. The standard InChI is InChI=1S/C28H28ClN7O2/c1-14-15(2)26(35-12-19-8-24(19)28(35)38)34-33-25(14)16(3)36-13-20(11-31-36)27(37)32-22-6-18(7-22)23-9-21(29)5-4-17(23)10-30/h4-5,9,11,13,16,18-19,22,24H,6-8,12H2,1-3H3,(H,32,37)/t16?,18-,19-,22+,24-/m1/s1. The molecular formula is C28H28ClN7O2. The van der Waals surface area contributed by atoms with E-state index in [4.69, 9.17) is 11.6 Å². The van der Waals surface area contributed by atoms with Crippen LogP contribution < -0.4 is 10.2 Å². The molecule has 0 spiro atoms.